The van der Waals surface area contributed by atoms with Gasteiger partial charge in [0.05, 0.1) is 32.0 Å². The summed E-state index contributed by atoms with van der Waals surface area (Å²) >= 11 is 0. The van der Waals surface area contributed by atoms with Gasteiger partial charge in [-0.25, -0.2) is 4.79 Å². The van der Waals surface area contributed by atoms with Crippen molar-refractivity contribution in [3.63, 3.8) is 0 Å². The third kappa shape index (κ3) is 5.58. The number of hydrogen-bond donors (Lipinski definition) is 2. The summed E-state index contributed by atoms with van der Waals surface area (Å²) in [4.78, 5) is 11.7. The van der Waals surface area contributed by atoms with Crippen LogP contribution in [0.25, 0.3) is 0 Å². The molecule has 0 radical (unpaired) electrons. The number of carbonyl (C=O) groups is 1. The van der Waals surface area contributed by atoms with Gasteiger partial charge in [-0.05, 0) is 19.1 Å². The van der Waals surface area contributed by atoms with Crippen molar-refractivity contribution < 1.29 is 24.1 Å². The largest absolute Gasteiger partial charge is 0.494 e. The molecule has 6 nitrogen and oxygen atoms in total. The van der Waals surface area contributed by atoms with Gasteiger partial charge < -0.3 is 25.1 Å². The van der Waals surface area contributed by atoms with E-state index in [0.717, 1.165) is 0 Å². The summed E-state index contributed by atoms with van der Waals surface area (Å²) in [5.74, 6) is 0.0480. The molecule has 0 aliphatic heterocycles. The van der Waals surface area contributed by atoms with Gasteiger partial charge in [-0.2, -0.15) is 0 Å². The Bertz CT molecular complexity index is 408. The van der Waals surface area contributed by atoms with Crippen LogP contribution in [0.4, 0.5) is 5.69 Å². The number of benzene rings is 1. The van der Waals surface area contributed by atoms with Gasteiger partial charge in [-0.3, -0.25) is 0 Å². The van der Waals surface area contributed by atoms with E-state index in [4.69, 9.17) is 25.1 Å². The first-order valence-corrected chi connectivity index (χ1v) is 6.06. The molecule has 0 aliphatic rings. The van der Waals surface area contributed by atoms with E-state index in [1.54, 1.807) is 12.1 Å². The third-order valence-corrected chi connectivity index (χ3v) is 2.17. The Morgan fingerprint density at radius 3 is 2.74 bits per heavy atom. The number of hydrogen-bond acceptors (Lipinski definition) is 6. The predicted octanol–water partition coefficient (Wildman–Crippen LogP) is 0.833. The molecule has 0 spiro atoms. The van der Waals surface area contributed by atoms with Crippen molar-refractivity contribution in [1.82, 2.24) is 0 Å². The molecule has 0 saturated carbocycles. The van der Waals surface area contributed by atoms with Gasteiger partial charge in [0.15, 0.2) is 0 Å². The van der Waals surface area contributed by atoms with E-state index in [0.29, 0.717) is 23.6 Å². The van der Waals surface area contributed by atoms with E-state index < -0.39 is 5.97 Å². The number of rotatable bonds is 8. The highest BCUT2D eigenvalue weighted by molar-refractivity contribution is 5.91. The molecule has 1 aromatic carbocycles. The van der Waals surface area contributed by atoms with Crippen LogP contribution in [0.15, 0.2) is 18.2 Å². The van der Waals surface area contributed by atoms with Crippen molar-refractivity contribution in [2.75, 3.05) is 38.8 Å². The SMILES string of the molecule is CCOc1cc(N)cc(C(=O)OCCOCCO)c1. The number of aliphatic hydroxyl groups is 1. The fourth-order valence-electron chi connectivity index (χ4n) is 1.43. The van der Waals surface area contributed by atoms with Crippen molar-refractivity contribution in [2.45, 2.75) is 6.92 Å². The Morgan fingerprint density at radius 1 is 1.26 bits per heavy atom. The van der Waals surface area contributed by atoms with Crippen LogP contribution in [0.3, 0.4) is 0 Å². The molecule has 19 heavy (non-hydrogen) atoms. The first-order valence-electron chi connectivity index (χ1n) is 6.06. The van der Waals surface area contributed by atoms with Gasteiger partial charge in [0, 0.05) is 11.8 Å². The predicted molar refractivity (Wildman–Crippen MR) is 70.2 cm³/mol. The molecule has 1 rings (SSSR count). The highest BCUT2D eigenvalue weighted by Gasteiger charge is 2.10. The van der Waals surface area contributed by atoms with E-state index >= 15 is 0 Å². The Hall–Kier alpha value is -1.79. The maximum atomic E-state index is 11.7. The molecule has 3 N–H and O–H groups in total. The average molecular weight is 269 g/mol. The van der Waals surface area contributed by atoms with E-state index in [-0.39, 0.29) is 26.4 Å². The molecule has 106 valence electrons. The molecular formula is C13H19NO5. The smallest absolute Gasteiger partial charge is 0.338 e. The molecule has 1 aromatic rings. The van der Waals surface area contributed by atoms with Crippen LogP contribution in [-0.4, -0.2) is 44.1 Å². The lowest BCUT2D eigenvalue weighted by Crippen LogP contribution is -2.12. The lowest BCUT2D eigenvalue weighted by atomic mass is 10.2. The van der Waals surface area contributed by atoms with Crippen LogP contribution >= 0.6 is 0 Å². The minimum Gasteiger partial charge on any atom is -0.494 e. The van der Waals surface area contributed by atoms with Gasteiger partial charge >= 0.3 is 5.97 Å². The van der Waals surface area contributed by atoms with Gasteiger partial charge in [0.25, 0.3) is 0 Å². The summed E-state index contributed by atoms with van der Waals surface area (Å²) in [5.41, 5.74) is 6.46. The van der Waals surface area contributed by atoms with E-state index in [1.165, 1.54) is 6.07 Å². The van der Waals surface area contributed by atoms with E-state index in [2.05, 4.69) is 0 Å². The number of aliphatic hydroxyl groups excluding tert-OH is 1. The van der Waals surface area contributed by atoms with Crippen LogP contribution in [0.5, 0.6) is 5.75 Å². The molecule has 0 aromatic heterocycles. The minimum atomic E-state index is -0.485. The first kappa shape index (κ1) is 15.3. The second-order valence-corrected chi connectivity index (χ2v) is 3.70. The zero-order valence-electron chi connectivity index (χ0n) is 10.9. The molecule has 0 fully saturated rings. The molecule has 0 aliphatic carbocycles. The quantitative estimate of drug-likeness (QED) is 0.413. The van der Waals surface area contributed by atoms with Crippen LogP contribution in [0.2, 0.25) is 0 Å². The van der Waals surface area contributed by atoms with Crippen molar-refractivity contribution in [1.29, 1.82) is 0 Å². The molecule has 6 heteroatoms. The first-order chi connectivity index (χ1) is 9.17. The average Bonchev–Trinajstić information content (AvgIpc) is 2.38. The van der Waals surface area contributed by atoms with Gasteiger partial charge in [0.1, 0.15) is 12.4 Å². The summed E-state index contributed by atoms with van der Waals surface area (Å²) in [7, 11) is 0. The zero-order valence-corrected chi connectivity index (χ0v) is 10.9. The minimum absolute atomic E-state index is 0.0547. The lowest BCUT2D eigenvalue weighted by Gasteiger charge is -2.08. The van der Waals surface area contributed by atoms with E-state index in [1.807, 2.05) is 6.92 Å². The van der Waals surface area contributed by atoms with Gasteiger partial charge in [0.2, 0.25) is 0 Å². The molecule has 0 bridgehead atoms. The highest BCUT2D eigenvalue weighted by atomic mass is 16.6. The van der Waals surface area contributed by atoms with Crippen LogP contribution in [0, 0.1) is 0 Å². The fraction of sp³-hybridized carbons (Fsp3) is 0.462. The fourth-order valence-corrected chi connectivity index (χ4v) is 1.43. The summed E-state index contributed by atoms with van der Waals surface area (Å²) < 4.78 is 15.3. The molecule has 0 heterocycles. The lowest BCUT2D eigenvalue weighted by molar-refractivity contribution is 0.0258. The second-order valence-electron chi connectivity index (χ2n) is 3.70. The number of esters is 1. The zero-order chi connectivity index (χ0) is 14.1. The Morgan fingerprint density at radius 2 is 2.05 bits per heavy atom. The van der Waals surface area contributed by atoms with Crippen LogP contribution in [0.1, 0.15) is 17.3 Å². The van der Waals surface area contributed by atoms with Crippen LogP contribution < -0.4 is 10.5 Å². The number of ether oxygens (including phenoxy) is 3. The van der Waals surface area contributed by atoms with Crippen LogP contribution in [-0.2, 0) is 9.47 Å². The molecule has 0 amide bonds. The molecule has 0 saturated heterocycles. The van der Waals surface area contributed by atoms with Crippen molar-refractivity contribution >= 4 is 11.7 Å². The maximum Gasteiger partial charge on any atom is 0.338 e. The monoisotopic (exact) mass is 269 g/mol. The second kappa shape index (κ2) is 8.34. The Balaban J connectivity index is 2.51. The standard InChI is InChI=1S/C13H19NO5/c1-2-18-12-8-10(7-11(14)9-12)13(16)19-6-5-17-4-3-15/h7-9,15H,2-6,14H2,1H3. The van der Waals surface area contributed by atoms with Crippen molar-refractivity contribution in [3.05, 3.63) is 23.8 Å². The molecule has 0 unspecified atom stereocenters. The number of anilines is 1. The number of nitrogens with two attached hydrogens (primary N) is 1. The molecule has 0 atom stereocenters. The number of nitrogen functional groups attached to an aromatic ring is 1. The third-order valence-electron chi connectivity index (χ3n) is 2.17. The van der Waals surface area contributed by atoms with Gasteiger partial charge in [-0.1, -0.05) is 0 Å². The summed E-state index contributed by atoms with van der Waals surface area (Å²) in [6, 6.07) is 4.75. The van der Waals surface area contributed by atoms with E-state index in [9.17, 15) is 4.79 Å². The highest BCUT2D eigenvalue weighted by Crippen LogP contribution is 2.19. The Labute approximate surface area is 112 Å². The topological polar surface area (TPSA) is 91.0 Å². The summed E-state index contributed by atoms with van der Waals surface area (Å²) in [6.45, 7) is 2.88. The molecular weight excluding hydrogens is 250 g/mol. The summed E-state index contributed by atoms with van der Waals surface area (Å²) in [5, 5.41) is 8.50. The van der Waals surface area contributed by atoms with Crippen molar-refractivity contribution in [3.8, 4) is 5.75 Å². The Kier molecular flexibility index (Phi) is 6.70. The summed E-state index contributed by atoms with van der Waals surface area (Å²) in [6.07, 6.45) is 0. The maximum absolute atomic E-state index is 11.7. The normalized spacial score (nSPS) is 10.2. The van der Waals surface area contributed by atoms with Crippen molar-refractivity contribution in [2.24, 2.45) is 0 Å². The van der Waals surface area contributed by atoms with Gasteiger partial charge in [-0.15, -0.1) is 0 Å². The number of carbonyl (C=O) groups excluding carboxylic acids is 1.